The number of rotatable bonds is 8. The summed E-state index contributed by atoms with van der Waals surface area (Å²) in [6, 6.07) is 3.25. The predicted octanol–water partition coefficient (Wildman–Crippen LogP) is 3.04. The molecule has 0 aromatic heterocycles. The van der Waals surface area contributed by atoms with Crippen molar-refractivity contribution in [2.24, 2.45) is 0 Å². The molecule has 0 radical (unpaired) electrons. The molecule has 18 heavy (non-hydrogen) atoms. The number of halogens is 2. The lowest BCUT2D eigenvalue weighted by Crippen LogP contribution is -2.06. The summed E-state index contributed by atoms with van der Waals surface area (Å²) in [6.45, 7) is 1.79. The second-order valence-electron chi connectivity index (χ2n) is 3.40. The summed E-state index contributed by atoms with van der Waals surface area (Å²) < 4.78 is 20.7. The maximum Gasteiger partial charge on any atom is 0.141 e. The van der Waals surface area contributed by atoms with Crippen LogP contribution >= 0.6 is 23.2 Å². The minimum atomic E-state index is 0.412. The Kier molecular flexibility index (Phi) is 7.20. The number of ether oxygens (including phenoxy) is 4. The molecule has 102 valence electrons. The molecule has 0 aliphatic heterocycles. The SMILES string of the molecule is COCCOc1cc(OCCOC)c(Cl)cc1Cl. The topological polar surface area (TPSA) is 36.9 Å². The fourth-order valence-corrected chi connectivity index (χ4v) is 1.69. The number of hydrogen-bond acceptors (Lipinski definition) is 4. The zero-order chi connectivity index (χ0) is 13.4. The van der Waals surface area contributed by atoms with Crippen molar-refractivity contribution in [3.63, 3.8) is 0 Å². The first-order valence-electron chi connectivity index (χ1n) is 5.41. The highest BCUT2D eigenvalue weighted by molar-refractivity contribution is 6.36. The zero-order valence-electron chi connectivity index (χ0n) is 10.4. The highest BCUT2D eigenvalue weighted by atomic mass is 35.5. The van der Waals surface area contributed by atoms with E-state index in [2.05, 4.69) is 0 Å². The van der Waals surface area contributed by atoms with Crippen LogP contribution in [0.15, 0.2) is 12.1 Å². The molecular formula is C12H16Cl2O4. The van der Waals surface area contributed by atoms with Crippen LogP contribution in [0.3, 0.4) is 0 Å². The Morgan fingerprint density at radius 1 is 0.778 bits per heavy atom. The molecule has 0 aliphatic carbocycles. The molecule has 1 aromatic rings. The van der Waals surface area contributed by atoms with Gasteiger partial charge >= 0.3 is 0 Å². The molecule has 0 atom stereocenters. The summed E-state index contributed by atoms with van der Waals surface area (Å²) in [5.74, 6) is 1.04. The molecule has 6 heteroatoms. The average Bonchev–Trinajstić information content (AvgIpc) is 2.34. The maximum atomic E-state index is 6.01. The van der Waals surface area contributed by atoms with Crippen LogP contribution in [0.1, 0.15) is 0 Å². The first-order valence-corrected chi connectivity index (χ1v) is 6.17. The number of methoxy groups -OCH3 is 2. The maximum absolute atomic E-state index is 6.01. The van der Waals surface area contributed by atoms with Gasteiger partial charge in [0, 0.05) is 20.3 Å². The van der Waals surface area contributed by atoms with E-state index in [-0.39, 0.29) is 0 Å². The van der Waals surface area contributed by atoms with Gasteiger partial charge < -0.3 is 18.9 Å². The van der Waals surface area contributed by atoms with Crippen LogP contribution in [0.5, 0.6) is 11.5 Å². The van der Waals surface area contributed by atoms with Crippen molar-refractivity contribution in [3.05, 3.63) is 22.2 Å². The van der Waals surface area contributed by atoms with Crippen molar-refractivity contribution in [2.75, 3.05) is 40.6 Å². The van der Waals surface area contributed by atoms with Crippen molar-refractivity contribution in [1.29, 1.82) is 0 Å². The fourth-order valence-electron chi connectivity index (χ4n) is 1.20. The fraction of sp³-hybridized carbons (Fsp3) is 0.500. The molecule has 1 aromatic carbocycles. The molecule has 0 heterocycles. The monoisotopic (exact) mass is 294 g/mol. The van der Waals surface area contributed by atoms with E-state index in [4.69, 9.17) is 42.1 Å². The summed E-state index contributed by atoms with van der Waals surface area (Å²) in [6.07, 6.45) is 0. The summed E-state index contributed by atoms with van der Waals surface area (Å²) in [7, 11) is 3.21. The first kappa shape index (κ1) is 15.4. The Balaban J connectivity index is 2.68. The normalized spacial score (nSPS) is 10.4. The third kappa shape index (κ3) is 4.90. The van der Waals surface area contributed by atoms with Crippen molar-refractivity contribution >= 4 is 23.2 Å². The van der Waals surface area contributed by atoms with E-state index in [0.717, 1.165) is 0 Å². The summed E-state index contributed by atoms with van der Waals surface area (Å²) >= 11 is 12.0. The lowest BCUT2D eigenvalue weighted by molar-refractivity contribution is 0.142. The zero-order valence-corrected chi connectivity index (χ0v) is 11.9. The quantitative estimate of drug-likeness (QED) is 0.691. The summed E-state index contributed by atoms with van der Waals surface area (Å²) in [5, 5.41) is 0.880. The minimum Gasteiger partial charge on any atom is -0.489 e. The average molecular weight is 295 g/mol. The van der Waals surface area contributed by atoms with Crippen LogP contribution in [0, 0.1) is 0 Å². The van der Waals surface area contributed by atoms with E-state index in [1.165, 1.54) is 0 Å². The lowest BCUT2D eigenvalue weighted by Gasteiger charge is -2.12. The molecule has 0 bridgehead atoms. The third-order valence-electron chi connectivity index (χ3n) is 2.08. The van der Waals surface area contributed by atoms with Crippen molar-refractivity contribution in [1.82, 2.24) is 0 Å². The largest absolute Gasteiger partial charge is 0.489 e. The third-order valence-corrected chi connectivity index (χ3v) is 2.67. The highest BCUT2D eigenvalue weighted by Gasteiger charge is 2.09. The highest BCUT2D eigenvalue weighted by Crippen LogP contribution is 2.35. The van der Waals surface area contributed by atoms with Crippen LogP contribution in [0.25, 0.3) is 0 Å². The van der Waals surface area contributed by atoms with E-state index in [1.54, 1.807) is 26.4 Å². The smallest absolute Gasteiger partial charge is 0.141 e. The Labute approximate surface area is 117 Å². The van der Waals surface area contributed by atoms with E-state index in [0.29, 0.717) is 48.0 Å². The molecule has 0 aliphatic rings. The van der Waals surface area contributed by atoms with Gasteiger partial charge in [0.05, 0.1) is 23.3 Å². The van der Waals surface area contributed by atoms with Gasteiger partial charge in [0.25, 0.3) is 0 Å². The lowest BCUT2D eigenvalue weighted by atomic mass is 10.3. The molecule has 4 nitrogen and oxygen atoms in total. The Morgan fingerprint density at radius 3 is 1.61 bits per heavy atom. The van der Waals surface area contributed by atoms with Crippen LogP contribution in [0.4, 0.5) is 0 Å². The van der Waals surface area contributed by atoms with Crippen LogP contribution < -0.4 is 9.47 Å². The van der Waals surface area contributed by atoms with E-state index >= 15 is 0 Å². The van der Waals surface area contributed by atoms with Gasteiger partial charge in [0.2, 0.25) is 0 Å². The van der Waals surface area contributed by atoms with Gasteiger partial charge in [0.15, 0.2) is 0 Å². The molecule has 0 amide bonds. The molecule has 0 saturated carbocycles. The minimum absolute atomic E-state index is 0.412. The van der Waals surface area contributed by atoms with Crippen molar-refractivity contribution < 1.29 is 18.9 Å². The molecular weight excluding hydrogens is 279 g/mol. The van der Waals surface area contributed by atoms with Crippen molar-refractivity contribution in [3.8, 4) is 11.5 Å². The molecule has 0 fully saturated rings. The van der Waals surface area contributed by atoms with Gasteiger partial charge in [-0.05, 0) is 6.07 Å². The summed E-state index contributed by atoms with van der Waals surface area (Å²) in [4.78, 5) is 0. The predicted molar refractivity (Wildman–Crippen MR) is 71.2 cm³/mol. The van der Waals surface area contributed by atoms with E-state index in [1.807, 2.05) is 0 Å². The van der Waals surface area contributed by atoms with Gasteiger partial charge in [-0.25, -0.2) is 0 Å². The second kappa shape index (κ2) is 8.43. The molecule has 0 spiro atoms. The molecule has 0 N–H and O–H groups in total. The molecule has 0 unspecified atom stereocenters. The molecule has 1 rings (SSSR count). The molecule has 0 saturated heterocycles. The van der Waals surface area contributed by atoms with Crippen LogP contribution in [-0.2, 0) is 9.47 Å². The van der Waals surface area contributed by atoms with E-state index in [9.17, 15) is 0 Å². The Hall–Kier alpha value is -0.680. The van der Waals surface area contributed by atoms with Gasteiger partial charge in [-0.2, -0.15) is 0 Å². The van der Waals surface area contributed by atoms with Gasteiger partial charge in [-0.1, -0.05) is 23.2 Å². The van der Waals surface area contributed by atoms with E-state index < -0.39 is 0 Å². The first-order chi connectivity index (χ1) is 8.69. The number of hydrogen-bond donors (Lipinski definition) is 0. The standard InChI is InChI=1S/C12H16Cl2O4/c1-15-3-5-17-11-8-12(18-6-4-16-2)10(14)7-9(11)13/h7-8H,3-6H2,1-2H3. The van der Waals surface area contributed by atoms with Crippen molar-refractivity contribution in [2.45, 2.75) is 0 Å². The van der Waals surface area contributed by atoms with Crippen LogP contribution in [0.2, 0.25) is 10.0 Å². The van der Waals surface area contributed by atoms with Crippen LogP contribution in [-0.4, -0.2) is 40.6 Å². The number of benzene rings is 1. The van der Waals surface area contributed by atoms with Gasteiger partial charge in [-0.15, -0.1) is 0 Å². The summed E-state index contributed by atoms with van der Waals surface area (Å²) in [5.41, 5.74) is 0. The Bertz CT molecular complexity index is 340. The van der Waals surface area contributed by atoms with Gasteiger partial charge in [-0.3, -0.25) is 0 Å². The Morgan fingerprint density at radius 2 is 1.22 bits per heavy atom. The second-order valence-corrected chi connectivity index (χ2v) is 4.21. The van der Waals surface area contributed by atoms with Gasteiger partial charge in [0.1, 0.15) is 24.7 Å².